The molecule has 1 rings (SSSR count). The third-order valence-corrected chi connectivity index (χ3v) is 5.74. The van der Waals surface area contributed by atoms with Crippen LogP contribution in [0.3, 0.4) is 0 Å². The fraction of sp³-hybridized carbons (Fsp3) is 1.00. The van der Waals surface area contributed by atoms with Gasteiger partial charge in [-0.3, -0.25) is 4.21 Å². The largest absolute Gasteiger partial charge is 0.315 e. The van der Waals surface area contributed by atoms with Crippen molar-refractivity contribution >= 4 is 20.8 Å². The van der Waals surface area contributed by atoms with Crippen LogP contribution in [0.25, 0.3) is 0 Å². The van der Waals surface area contributed by atoms with Crippen LogP contribution in [-0.4, -0.2) is 49.0 Å². The van der Waals surface area contributed by atoms with Crippen LogP contribution >= 0.6 is 0 Å². The summed E-state index contributed by atoms with van der Waals surface area (Å²) in [6.45, 7) is 3.28. The highest BCUT2D eigenvalue weighted by molar-refractivity contribution is 7.90. The Hall–Kier alpha value is 0.0200. The van der Waals surface area contributed by atoms with Gasteiger partial charge in [-0.25, -0.2) is 13.1 Å². The molecule has 1 aliphatic rings. The van der Waals surface area contributed by atoms with Crippen molar-refractivity contribution in [3.63, 3.8) is 0 Å². The van der Waals surface area contributed by atoms with Gasteiger partial charge in [-0.15, -0.1) is 0 Å². The Balaban J connectivity index is 2.46. The highest BCUT2D eigenvalue weighted by Gasteiger charge is 2.28. The summed E-state index contributed by atoms with van der Waals surface area (Å²) in [5, 5.41) is 2.53. The molecular weight excluding hydrogens is 236 g/mol. The van der Waals surface area contributed by atoms with Gasteiger partial charge >= 0.3 is 0 Å². The van der Waals surface area contributed by atoms with Crippen LogP contribution in [0.1, 0.15) is 13.3 Å². The Morgan fingerprint density at radius 2 is 2.27 bits per heavy atom. The Bertz CT molecular complexity index is 323. The molecule has 1 heterocycles. The molecule has 0 spiro atoms. The van der Waals surface area contributed by atoms with Gasteiger partial charge in [-0.1, -0.05) is 0 Å². The molecule has 0 aromatic carbocycles. The van der Waals surface area contributed by atoms with Crippen molar-refractivity contribution in [1.29, 1.82) is 0 Å². The third kappa shape index (κ3) is 3.82. The highest BCUT2D eigenvalue weighted by Crippen LogP contribution is 2.08. The van der Waals surface area contributed by atoms with E-state index in [1.54, 1.807) is 13.2 Å². The van der Waals surface area contributed by atoms with E-state index in [0.717, 1.165) is 6.54 Å². The van der Waals surface area contributed by atoms with Crippen molar-refractivity contribution in [2.24, 2.45) is 0 Å². The average Bonchev–Trinajstić information content (AvgIpc) is 2.67. The smallest absolute Gasteiger partial charge is 0.215 e. The zero-order chi connectivity index (χ0) is 11.5. The molecule has 0 aromatic heterocycles. The minimum atomic E-state index is -3.24. The fourth-order valence-electron chi connectivity index (χ4n) is 1.36. The van der Waals surface area contributed by atoms with E-state index in [9.17, 15) is 12.6 Å². The summed E-state index contributed by atoms with van der Waals surface area (Å²) in [6, 6.07) is 0. The lowest BCUT2D eigenvalue weighted by Crippen LogP contribution is -2.39. The van der Waals surface area contributed by atoms with Crippen molar-refractivity contribution < 1.29 is 12.6 Å². The summed E-state index contributed by atoms with van der Waals surface area (Å²) < 4.78 is 37.0. The third-order valence-electron chi connectivity index (χ3n) is 2.59. The summed E-state index contributed by atoms with van der Waals surface area (Å²) >= 11 is 0. The summed E-state index contributed by atoms with van der Waals surface area (Å²) in [5.74, 6) is 0. The van der Waals surface area contributed by atoms with Gasteiger partial charge in [0.15, 0.2) is 0 Å². The predicted molar refractivity (Wildman–Crippen MR) is 61.7 cm³/mol. The maximum absolute atomic E-state index is 11.7. The molecule has 3 unspecified atom stereocenters. The van der Waals surface area contributed by atoms with Crippen LogP contribution in [0.2, 0.25) is 0 Å². The van der Waals surface area contributed by atoms with Gasteiger partial charge in [-0.05, 0) is 19.9 Å². The maximum Gasteiger partial charge on any atom is 0.215 e. The number of rotatable bonds is 5. The van der Waals surface area contributed by atoms with Gasteiger partial charge < -0.3 is 5.32 Å². The molecule has 2 N–H and O–H groups in total. The van der Waals surface area contributed by atoms with Crippen molar-refractivity contribution in [3.8, 4) is 0 Å². The molecule has 0 aromatic rings. The van der Waals surface area contributed by atoms with E-state index in [2.05, 4.69) is 10.0 Å². The molecule has 5 nitrogen and oxygen atoms in total. The lowest BCUT2D eigenvalue weighted by molar-refractivity contribution is 0.567. The first-order valence-electron chi connectivity index (χ1n) is 4.95. The normalized spacial score (nSPS) is 26.4. The van der Waals surface area contributed by atoms with Gasteiger partial charge in [0, 0.05) is 35.4 Å². The van der Waals surface area contributed by atoms with Crippen molar-refractivity contribution in [2.45, 2.75) is 23.8 Å². The van der Waals surface area contributed by atoms with Crippen LogP contribution < -0.4 is 10.0 Å². The molecule has 0 bridgehead atoms. The topological polar surface area (TPSA) is 75.3 Å². The van der Waals surface area contributed by atoms with Gasteiger partial charge in [-0.2, -0.15) is 0 Å². The SMILES string of the molecule is CC(CNS(=O)(=O)C1CCNC1)S(C)=O. The molecule has 1 aliphatic heterocycles. The molecule has 7 heteroatoms. The summed E-state index contributed by atoms with van der Waals surface area (Å²) in [6.07, 6.45) is 2.23. The first kappa shape index (κ1) is 13.1. The first-order chi connectivity index (χ1) is 6.93. The van der Waals surface area contributed by atoms with Crippen LogP contribution in [0, 0.1) is 0 Å². The number of hydrogen-bond donors (Lipinski definition) is 2. The minimum absolute atomic E-state index is 0.144. The van der Waals surface area contributed by atoms with Crippen LogP contribution in [0.4, 0.5) is 0 Å². The molecule has 15 heavy (non-hydrogen) atoms. The second-order valence-electron chi connectivity index (χ2n) is 3.82. The zero-order valence-electron chi connectivity index (χ0n) is 9.02. The highest BCUT2D eigenvalue weighted by atomic mass is 32.2. The van der Waals surface area contributed by atoms with E-state index in [0.29, 0.717) is 13.0 Å². The minimum Gasteiger partial charge on any atom is -0.315 e. The lowest BCUT2D eigenvalue weighted by Gasteiger charge is -2.14. The number of nitrogens with one attached hydrogen (secondary N) is 2. The quantitative estimate of drug-likeness (QED) is 0.662. The molecule has 0 aliphatic carbocycles. The van der Waals surface area contributed by atoms with Gasteiger partial charge in [0.2, 0.25) is 10.0 Å². The van der Waals surface area contributed by atoms with E-state index in [1.807, 2.05) is 0 Å². The molecule has 3 atom stereocenters. The van der Waals surface area contributed by atoms with E-state index < -0.39 is 20.8 Å². The van der Waals surface area contributed by atoms with Gasteiger partial charge in [0.05, 0.1) is 5.25 Å². The summed E-state index contributed by atoms with van der Waals surface area (Å²) in [5.41, 5.74) is 0. The molecule has 0 saturated carbocycles. The Labute approximate surface area is 93.5 Å². The Morgan fingerprint density at radius 3 is 2.73 bits per heavy atom. The second kappa shape index (κ2) is 5.38. The lowest BCUT2D eigenvalue weighted by atomic mass is 10.4. The predicted octanol–water partition coefficient (Wildman–Crippen LogP) is -0.965. The first-order valence-corrected chi connectivity index (χ1v) is 8.11. The Kier molecular flexibility index (Phi) is 4.69. The molecule has 0 amide bonds. The van der Waals surface area contributed by atoms with Crippen molar-refractivity contribution in [2.75, 3.05) is 25.9 Å². The molecule has 1 fully saturated rings. The van der Waals surface area contributed by atoms with Crippen LogP contribution in [0.15, 0.2) is 0 Å². The fourth-order valence-corrected chi connectivity index (χ4v) is 3.27. The summed E-state index contributed by atoms with van der Waals surface area (Å²) in [4.78, 5) is 0. The standard InChI is InChI=1S/C8H18N2O3S2/c1-7(14(2)11)5-10-15(12,13)8-3-4-9-6-8/h7-10H,3-6H2,1-2H3. The Morgan fingerprint density at radius 1 is 1.60 bits per heavy atom. The zero-order valence-corrected chi connectivity index (χ0v) is 10.7. The molecule has 90 valence electrons. The number of sulfonamides is 1. The van der Waals surface area contributed by atoms with Crippen LogP contribution in [0.5, 0.6) is 0 Å². The van der Waals surface area contributed by atoms with Gasteiger partial charge in [0.25, 0.3) is 0 Å². The van der Waals surface area contributed by atoms with E-state index in [1.165, 1.54) is 0 Å². The molecule has 1 saturated heterocycles. The molecular formula is C8H18N2O3S2. The van der Waals surface area contributed by atoms with Crippen molar-refractivity contribution in [3.05, 3.63) is 0 Å². The average molecular weight is 254 g/mol. The van der Waals surface area contributed by atoms with Crippen LogP contribution in [-0.2, 0) is 20.8 Å². The van der Waals surface area contributed by atoms with E-state index in [-0.39, 0.29) is 17.0 Å². The van der Waals surface area contributed by atoms with E-state index >= 15 is 0 Å². The maximum atomic E-state index is 11.7. The van der Waals surface area contributed by atoms with E-state index in [4.69, 9.17) is 0 Å². The second-order valence-corrected chi connectivity index (χ2v) is 7.66. The number of hydrogen-bond acceptors (Lipinski definition) is 4. The molecule has 0 radical (unpaired) electrons. The summed E-state index contributed by atoms with van der Waals surface area (Å²) in [7, 11) is -4.22. The van der Waals surface area contributed by atoms with Crippen molar-refractivity contribution in [1.82, 2.24) is 10.0 Å². The monoisotopic (exact) mass is 254 g/mol. The van der Waals surface area contributed by atoms with Gasteiger partial charge in [0.1, 0.15) is 0 Å².